The van der Waals surface area contributed by atoms with E-state index in [4.69, 9.17) is 0 Å². The Morgan fingerprint density at radius 3 is 2.52 bits per heavy atom. The first-order valence-corrected chi connectivity index (χ1v) is 7.49. The van der Waals surface area contributed by atoms with E-state index in [1.54, 1.807) is 24.3 Å². The lowest BCUT2D eigenvalue weighted by molar-refractivity contribution is -0.116. The monoisotopic (exact) mass is 337 g/mol. The molecule has 126 valence electrons. The molecule has 2 aromatic rings. The minimum atomic E-state index is -0.913. The molecule has 0 radical (unpaired) electrons. The van der Waals surface area contributed by atoms with Crippen molar-refractivity contribution in [3.8, 4) is 6.07 Å². The van der Waals surface area contributed by atoms with Crippen LogP contribution in [0.15, 0.2) is 61.2 Å². The van der Waals surface area contributed by atoms with Gasteiger partial charge in [0.15, 0.2) is 0 Å². The lowest BCUT2D eigenvalue weighted by Gasteiger charge is -2.14. The van der Waals surface area contributed by atoms with Crippen molar-refractivity contribution in [2.45, 2.75) is 12.6 Å². The molecule has 1 atom stereocenters. The molecule has 0 fully saturated rings. The summed E-state index contributed by atoms with van der Waals surface area (Å²) in [6.45, 7) is 3.52. The molecule has 0 aromatic heterocycles. The van der Waals surface area contributed by atoms with E-state index in [0.717, 1.165) is 6.08 Å². The molecule has 2 amide bonds. The number of carbonyl (C=O) groups excluding carboxylic acids is 2. The van der Waals surface area contributed by atoms with Crippen molar-refractivity contribution in [2.24, 2.45) is 0 Å². The average Bonchev–Trinajstić information content (AvgIpc) is 2.65. The molecule has 0 aliphatic carbocycles. The zero-order valence-electron chi connectivity index (χ0n) is 13.3. The molecule has 2 N–H and O–H groups in total. The van der Waals surface area contributed by atoms with Crippen molar-refractivity contribution in [1.82, 2.24) is 10.6 Å². The lowest BCUT2D eigenvalue weighted by Crippen LogP contribution is -2.29. The molecule has 1 unspecified atom stereocenters. The van der Waals surface area contributed by atoms with E-state index in [1.807, 2.05) is 6.07 Å². The normalized spacial score (nSPS) is 11.0. The number of halogens is 1. The van der Waals surface area contributed by atoms with Gasteiger partial charge in [-0.1, -0.05) is 36.9 Å². The largest absolute Gasteiger partial charge is 0.348 e. The number of hydrogen-bond acceptors (Lipinski definition) is 3. The number of benzene rings is 2. The molecule has 2 aromatic carbocycles. The molecule has 6 heteroatoms. The highest BCUT2D eigenvalue weighted by atomic mass is 19.1. The summed E-state index contributed by atoms with van der Waals surface area (Å²) in [5, 5.41) is 14.5. The van der Waals surface area contributed by atoms with Crippen LogP contribution >= 0.6 is 0 Å². The molecule has 0 spiro atoms. The summed E-state index contributed by atoms with van der Waals surface area (Å²) in [6.07, 6.45) is 1.14. The zero-order valence-corrected chi connectivity index (χ0v) is 13.3. The second-order valence-corrected chi connectivity index (χ2v) is 5.17. The molecule has 0 aliphatic heterocycles. The van der Waals surface area contributed by atoms with E-state index >= 15 is 0 Å². The summed E-state index contributed by atoms with van der Waals surface area (Å²) in [5.74, 6) is -1.23. The number of rotatable bonds is 6. The third kappa shape index (κ3) is 4.75. The van der Waals surface area contributed by atoms with Gasteiger partial charge in [-0.3, -0.25) is 9.59 Å². The summed E-state index contributed by atoms with van der Waals surface area (Å²) >= 11 is 0. The maximum absolute atomic E-state index is 13.0. The Morgan fingerprint density at radius 2 is 1.88 bits per heavy atom. The molecular weight excluding hydrogens is 321 g/mol. The van der Waals surface area contributed by atoms with Gasteiger partial charge < -0.3 is 10.6 Å². The number of nitrogens with zero attached hydrogens (tertiary/aromatic N) is 1. The fourth-order valence-corrected chi connectivity index (χ4v) is 2.20. The van der Waals surface area contributed by atoms with Crippen LogP contribution in [0.4, 0.5) is 4.39 Å². The van der Waals surface area contributed by atoms with Gasteiger partial charge in [-0.05, 0) is 35.4 Å². The first-order valence-electron chi connectivity index (χ1n) is 7.49. The van der Waals surface area contributed by atoms with Gasteiger partial charge >= 0.3 is 0 Å². The van der Waals surface area contributed by atoms with Gasteiger partial charge in [0, 0.05) is 12.1 Å². The Hall–Kier alpha value is -3.46. The van der Waals surface area contributed by atoms with Gasteiger partial charge in [-0.2, -0.15) is 5.26 Å². The maximum atomic E-state index is 13.0. The molecule has 0 saturated carbocycles. The second-order valence-electron chi connectivity index (χ2n) is 5.17. The van der Waals surface area contributed by atoms with Crippen molar-refractivity contribution in [1.29, 1.82) is 5.26 Å². The van der Waals surface area contributed by atoms with E-state index < -0.39 is 17.8 Å². The number of nitrogens with one attached hydrogen (secondary N) is 2. The standard InChI is InChI=1S/C19H16FN3O2/c1-2-18(24)22-12-14-5-3-4-6-16(14)19(25)23-17(11-21)13-7-9-15(20)10-8-13/h2-10,17H,1,12H2,(H,22,24)(H,23,25). The van der Waals surface area contributed by atoms with Crippen molar-refractivity contribution in [3.63, 3.8) is 0 Å². The van der Waals surface area contributed by atoms with E-state index in [-0.39, 0.29) is 12.5 Å². The molecule has 0 bridgehead atoms. The van der Waals surface area contributed by atoms with Gasteiger partial charge in [0.2, 0.25) is 5.91 Å². The Balaban J connectivity index is 2.17. The zero-order chi connectivity index (χ0) is 18.2. The number of hydrogen-bond donors (Lipinski definition) is 2. The molecule has 0 saturated heterocycles. The van der Waals surface area contributed by atoms with Crippen LogP contribution in [0.25, 0.3) is 0 Å². The summed E-state index contributed by atoms with van der Waals surface area (Å²) in [4.78, 5) is 23.8. The number of nitriles is 1. The van der Waals surface area contributed by atoms with Crippen LogP contribution in [0.5, 0.6) is 0 Å². The van der Waals surface area contributed by atoms with Crippen LogP contribution in [-0.2, 0) is 11.3 Å². The van der Waals surface area contributed by atoms with Crippen LogP contribution in [0, 0.1) is 17.1 Å². The van der Waals surface area contributed by atoms with Crippen LogP contribution in [0.1, 0.15) is 27.5 Å². The van der Waals surface area contributed by atoms with Gasteiger partial charge in [0.1, 0.15) is 11.9 Å². The quantitative estimate of drug-likeness (QED) is 0.795. The second kappa shape index (κ2) is 8.41. The Morgan fingerprint density at radius 1 is 1.20 bits per heavy atom. The van der Waals surface area contributed by atoms with Gasteiger partial charge in [0.05, 0.1) is 6.07 Å². The Bertz CT molecular complexity index is 825. The van der Waals surface area contributed by atoms with Crippen molar-refractivity contribution in [2.75, 3.05) is 0 Å². The minimum absolute atomic E-state index is 0.155. The van der Waals surface area contributed by atoms with Crippen molar-refractivity contribution >= 4 is 11.8 Å². The summed E-state index contributed by atoms with van der Waals surface area (Å²) < 4.78 is 13.0. The lowest BCUT2D eigenvalue weighted by atomic mass is 10.0. The molecule has 0 heterocycles. The van der Waals surface area contributed by atoms with Crippen LogP contribution < -0.4 is 10.6 Å². The first-order chi connectivity index (χ1) is 12.0. The molecule has 25 heavy (non-hydrogen) atoms. The third-order valence-corrected chi connectivity index (χ3v) is 3.51. The van der Waals surface area contributed by atoms with E-state index in [0.29, 0.717) is 16.7 Å². The van der Waals surface area contributed by atoms with E-state index in [2.05, 4.69) is 17.2 Å². The Labute approximate surface area is 144 Å². The van der Waals surface area contributed by atoms with E-state index in [9.17, 15) is 19.2 Å². The predicted molar refractivity (Wildman–Crippen MR) is 90.7 cm³/mol. The minimum Gasteiger partial charge on any atom is -0.348 e. The first kappa shape index (κ1) is 17.9. The topological polar surface area (TPSA) is 82.0 Å². The fourth-order valence-electron chi connectivity index (χ4n) is 2.20. The predicted octanol–water partition coefficient (Wildman–Crippen LogP) is 2.62. The number of carbonyl (C=O) groups is 2. The molecule has 2 rings (SSSR count). The summed E-state index contributed by atoms with van der Waals surface area (Å²) in [6, 6.07) is 13.1. The van der Waals surface area contributed by atoms with E-state index in [1.165, 1.54) is 24.3 Å². The van der Waals surface area contributed by atoms with Gasteiger partial charge in [0.25, 0.3) is 5.91 Å². The molecular formula is C19H16FN3O2. The fraction of sp³-hybridized carbons (Fsp3) is 0.105. The van der Waals surface area contributed by atoms with Gasteiger partial charge in [-0.25, -0.2) is 4.39 Å². The average molecular weight is 337 g/mol. The van der Waals surface area contributed by atoms with Crippen molar-refractivity contribution in [3.05, 3.63) is 83.7 Å². The summed E-state index contributed by atoms with van der Waals surface area (Å²) in [5.41, 5.74) is 1.43. The smallest absolute Gasteiger partial charge is 0.252 e. The highest BCUT2D eigenvalue weighted by molar-refractivity contribution is 5.96. The maximum Gasteiger partial charge on any atom is 0.252 e. The molecule has 5 nitrogen and oxygen atoms in total. The third-order valence-electron chi connectivity index (χ3n) is 3.51. The number of amides is 2. The van der Waals surface area contributed by atoms with Gasteiger partial charge in [-0.15, -0.1) is 0 Å². The highest BCUT2D eigenvalue weighted by Crippen LogP contribution is 2.15. The summed E-state index contributed by atoms with van der Waals surface area (Å²) in [7, 11) is 0. The van der Waals surface area contributed by atoms with Crippen LogP contribution in [0.2, 0.25) is 0 Å². The van der Waals surface area contributed by atoms with Crippen molar-refractivity contribution < 1.29 is 14.0 Å². The van der Waals surface area contributed by atoms with Crippen LogP contribution in [0.3, 0.4) is 0 Å². The SMILES string of the molecule is C=CC(=O)NCc1ccccc1C(=O)NC(C#N)c1ccc(F)cc1. The molecule has 0 aliphatic rings. The Kier molecular flexibility index (Phi) is 6.02. The highest BCUT2D eigenvalue weighted by Gasteiger charge is 2.17. The van der Waals surface area contributed by atoms with Crippen LogP contribution in [-0.4, -0.2) is 11.8 Å².